The number of carbonyl (C=O) groups is 2. The Bertz CT molecular complexity index is 358. The first-order valence-electron chi connectivity index (χ1n) is 7.72. The van der Waals surface area contributed by atoms with Gasteiger partial charge in [0.15, 0.2) is 0 Å². The quantitative estimate of drug-likeness (QED) is 0.853. The average Bonchev–Trinajstić information content (AvgIpc) is 2.37. The number of ether oxygens (including phenoxy) is 1. The summed E-state index contributed by atoms with van der Waals surface area (Å²) in [6.07, 6.45) is 0.205. The normalized spacial score (nSPS) is 17.6. The Hall–Kier alpha value is -1.30. The van der Waals surface area contributed by atoms with Gasteiger partial charge in [0.2, 0.25) is 5.91 Å². The molecule has 21 heavy (non-hydrogen) atoms. The highest BCUT2D eigenvalue weighted by molar-refractivity contribution is 5.77. The molecule has 0 aromatic heterocycles. The summed E-state index contributed by atoms with van der Waals surface area (Å²) in [5.41, 5.74) is -0.481. The van der Waals surface area contributed by atoms with E-state index in [1.54, 1.807) is 4.90 Å². The first kappa shape index (κ1) is 17.8. The van der Waals surface area contributed by atoms with Gasteiger partial charge in [0.25, 0.3) is 0 Å². The first-order chi connectivity index (χ1) is 9.73. The van der Waals surface area contributed by atoms with E-state index in [4.69, 9.17) is 4.74 Å². The molecule has 0 aromatic carbocycles. The molecule has 122 valence electrons. The molecule has 1 aliphatic heterocycles. The number of nitrogens with one attached hydrogen (secondary N) is 1. The van der Waals surface area contributed by atoms with Crippen molar-refractivity contribution in [3.05, 3.63) is 0 Å². The summed E-state index contributed by atoms with van der Waals surface area (Å²) in [4.78, 5) is 27.6. The van der Waals surface area contributed by atoms with Gasteiger partial charge in [0.05, 0.1) is 0 Å². The van der Waals surface area contributed by atoms with Gasteiger partial charge < -0.3 is 19.9 Å². The SMILES string of the molecule is CCN[C@H](C)CC(=O)N1CCN(C(=O)OC(C)(C)C)CC1. The zero-order valence-corrected chi connectivity index (χ0v) is 13.9. The van der Waals surface area contributed by atoms with Crippen molar-refractivity contribution in [2.24, 2.45) is 0 Å². The van der Waals surface area contributed by atoms with Crippen molar-refractivity contribution in [2.75, 3.05) is 32.7 Å². The maximum atomic E-state index is 12.1. The molecular formula is C15H29N3O3. The number of rotatable bonds is 4. The number of amides is 2. The highest BCUT2D eigenvalue weighted by Gasteiger charge is 2.27. The number of piperazine rings is 1. The van der Waals surface area contributed by atoms with E-state index < -0.39 is 5.60 Å². The molecule has 0 aromatic rings. The fourth-order valence-corrected chi connectivity index (χ4v) is 2.28. The summed E-state index contributed by atoms with van der Waals surface area (Å²) >= 11 is 0. The van der Waals surface area contributed by atoms with E-state index in [1.165, 1.54) is 0 Å². The van der Waals surface area contributed by atoms with Crippen molar-refractivity contribution >= 4 is 12.0 Å². The van der Waals surface area contributed by atoms with Crippen LogP contribution in [-0.2, 0) is 9.53 Å². The second-order valence-corrected chi connectivity index (χ2v) is 6.51. The predicted molar refractivity (Wildman–Crippen MR) is 82.1 cm³/mol. The van der Waals surface area contributed by atoms with Gasteiger partial charge in [-0.05, 0) is 34.2 Å². The van der Waals surface area contributed by atoms with Gasteiger partial charge in [0, 0.05) is 38.6 Å². The van der Waals surface area contributed by atoms with Gasteiger partial charge in [-0.2, -0.15) is 0 Å². The zero-order valence-electron chi connectivity index (χ0n) is 13.9. The van der Waals surface area contributed by atoms with Crippen LogP contribution in [0.5, 0.6) is 0 Å². The van der Waals surface area contributed by atoms with Crippen LogP contribution in [0.2, 0.25) is 0 Å². The monoisotopic (exact) mass is 299 g/mol. The van der Waals surface area contributed by atoms with Crippen molar-refractivity contribution in [2.45, 2.75) is 52.7 Å². The van der Waals surface area contributed by atoms with Crippen molar-refractivity contribution < 1.29 is 14.3 Å². The Kier molecular flexibility index (Phi) is 6.45. The van der Waals surface area contributed by atoms with Crippen LogP contribution in [0.1, 0.15) is 41.0 Å². The maximum absolute atomic E-state index is 12.1. The minimum Gasteiger partial charge on any atom is -0.444 e. The van der Waals surface area contributed by atoms with E-state index in [1.807, 2.05) is 39.5 Å². The number of nitrogens with zero attached hydrogens (tertiary/aromatic N) is 2. The van der Waals surface area contributed by atoms with Gasteiger partial charge in [-0.3, -0.25) is 4.79 Å². The first-order valence-corrected chi connectivity index (χ1v) is 7.72. The fourth-order valence-electron chi connectivity index (χ4n) is 2.28. The highest BCUT2D eigenvalue weighted by Crippen LogP contribution is 2.12. The van der Waals surface area contributed by atoms with Crippen molar-refractivity contribution in [1.29, 1.82) is 0 Å². The fraction of sp³-hybridized carbons (Fsp3) is 0.867. The molecule has 0 unspecified atom stereocenters. The van der Waals surface area contributed by atoms with Crippen LogP contribution in [0, 0.1) is 0 Å². The smallest absolute Gasteiger partial charge is 0.410 e. The maximum Gasteiger partial charge on any atom is 0.410 e. The van der Waals surface area contributed by atoms with Gasteiger partial charge in [-0.25, -0.2) is 4.79 Å². The third-order valence-electron chi connectivity index (χ3n) is 3.32. The molecule has 0 radical (unpaired) electrons. The lowest BCUT2D eigenvalue weighted by Gasteiger charge is -2.36. The molecule has 0 saturated carbocycles. The average molecular weight is 299 g/mol. The van der Waals surface area contributed by atoms with Gasteiger partial charge in [0.1, 0.15) is 5.60 Å². The molecule has 1 N–H and O–H groups in total. The minimum absolute atomic E-state index is 0.146. The Balaban J connectivity index is 2.38. The Labute approximate surface area is 127 Å². The standard InChI is InChI=1S/C15H29N3O3/c1-6-16-12(2)11-13(19)17-7-9-18(10-8-17)14(20)21-15(3,4)5/h12,16H,6-11H2,1-5H3/t12-/m1/s1. The molecule has 6 heteroatoms. The molecule has 1 atom stereocenters. The van der Waals surface area contributed by atoms with E-state index in [0.717, 1.165) is 6.54 Å². The van der Waals surface area contributed by atoms with Gasteiger partial charge in [-0.1, -0.05) is 6.92 Å². The lowest BCUT2D eigenvalue weighted by molar-refractivity contribution is -0.133. The van der Waals surface area contributed by atoms with Crippen LogP contribution in [0.25, 0.3) is 0 Å². The second-order valence-electron chi connectivity index (χ2n) is 6.51. The lowest BCUT2D eigenvalue weighted by Crippen LogP contribution is -2.52. The molecule has 1 fully saturated rings. The Morgan fingerprint density at radius 2 is 1.67 bits per heavy atom. The summed E-state index contributed by atoms with van der Waals surface area (Å²) < 4.78 is 5.34. The highest BCUT2D eigenvalue weighted by atomic mass is 16.6. The van der Waals surface area contributed by atoms with E-state index in [2.05, 4.69) is 5.32 Å². The molecule has 6 nitrogen and oxygen atoms in total. The molecule has 1 aliphatic rings. The van der Waals surface area contributed by atoms with Gasteiger partial charge >= 0.3 is 6.09 Å². The number of hydrogen-bond acceptors (Lipinski definition) is 4. The Morgan fingerprint density at radius 3 is 2.14 bits per heavy atom. The summed E-state index contributed by atoms with van der Waals surface area (Å²) in [6, 6.07) is 0.186. The van der Waals surface area contributed by atoms with Gasteiger partial charge in [-0.15, -0.1) is 0 Å². The zero-order chi connectivity index (χ0) is 16.0. The molecule has 0 aliphatic carbocycles. The largest absolute Gasteiger partial charge is 0.444 e. The lowest BCUT2D eigenvalue weighted by atomic mass is 10.2. The number of carbonyl (C=O) groups excluding carboxylic acids is 2. The van der Waals surface area contributed by atoms with Crippen LogP contribution in [0.3, 0.4) is 0 Å². The van der Waals surface area contributed by atoms with E-state index in [0.29, 0.717) is 32.6 Å². The molecular weight excluding hydrogens is 270 g/mol. The molecule has 1 saturated heterocycles. The van der Waals surface area contributed by atoms with Crippen LogP contribution in [-0.4, -0.2) is 66.2 Å². The third kappa shape index (κ3) is 6.33. The minimum atomic E-state index is -0.481. The molecule has 2 amide bonds. The summed E-state index contributed by atoms with van der Waals surface area (Å²) in [6.45, 7) is 12.7. The number of hydrogen-bond donors (Lipinski definition) is 1. The molecule has 0 spiro atoms. The molecule has 1 rings (SSSR count). The second kappa shape index (κ2) is 7.64. The third-order valence-corrected chi connectivity index (χ3v) is 3.32. The molecule has 0 bridgehead atoms. The topological polar surface area (TPSA) is 61.9 Å². The van der Waals surface area contributed by atoms with Crippen LogP contribution in [0.4, 0.5) is 4.79 Å². The summed E-state index contributed by atoms with van der Waals surface area (Å²) in [7, 11) is 0. The Morgan fingerprint density at radius 1 is 1.14 bits per heavy atom. The van der Waals surface area contributed by atoms with Crippen LogP contribution < -0.4 is 5.32 Å². The van der Waals surface area contributed by atoms with E-state index in [9.17, 15) is 9.59 Å². The van der Waals surface area contributed by atoms with Crippen molar-refractivity contribution in [3.8, 4) is 0 Å². The van der Waals surface area contributed by atoms with Crippen molar-refractivity contribution in [3.63, 3.8) is 0 Å². The van der Waals surface area contributed by atoms with Crippen LogP contribution in [0.15, 0.2) is 0 Å². The van der Waals surface area contributed by atoms with E-state index >= 15 is 0 Å². The van der Waals surface area contributed by atoms with Crippen molar-refractivity contribution in [1.82, 2.24) is 15.1 Å². The predicted octanol–water partition coefficient (Wildman–Crippen LogP) is 1.45. The molecule has 1 heterocycles. The summed E-state index contributed by atoms with van der Waals surface area (Å²) in [5.74, 6) is 0.146. The summed E-state index contributed by atoms with van der Waals surface area (Å²) in [5, 5.41) is 3.24. The van der Waals surface area contributed by atoms with Crippen LogP contribution >= 0.6 is 0 Å². The van der Waals surface area contributed by atoms with E-state index in [-0.39, 0.29) is 18.0 Å².